The van der Waals surface area contributed by atoms with Crippen LogP contribution in [0.1, 0.15) is 71.3 Å². The Hall–Kier alpha value is -4.16. The van der Waals surface area contributed by atoms with Gasteiger partial charge < -0.3 is 26.2 Å². The van der Waals surface area contributed by atoms with Crippen LogP contribution in [0.2, 0.25) is 0 Å². The number of nitriles is 1. The molecule has 9 heteroatoms. The van der Waals surface area contributed by atoms with E-state index in [1.54, 1.807) is 20.2 Å². The lowest BCUT2D eigenvalue weighted by Crippen LogP contribution is -2.46. The first kappa shape index (κ1) is 33.3. The van der Waals surface area contributed by atoms with Crippen molar-refractivity contribution in [3.8, 4) is 6.07 Å². The molecule has 9 nitrogen and oxygen atoms in total. The zero-order valence-electron chi connectivity index (χ0n) is 26.4. The van der Waals surface area contributed by atoms with Crippen LogP contribution < -0.4 is 16.4 Å². The molecule has 3 rings (SSSR count). The van der Waals surface area contributed by atoms with Crippen molar-refractivity contribution in [1.82, 2.24) is 20.4 Å². The Labute approximate surface area is 256 Å². The molecule has 3 amide bonds. The van der Waals surface area contributed by atoms with Gasteiger partial charge in [0.05, 0.1) is 12.6 Å². The van der Waals surface area contributed by atoms with Gasteiger partial charge in [-0.15, -0.1) is 0 Å². The first-order valence-corrected chi connectivity index (χ1v) is 14.9. The predicted molar refractivity (Wildman–Crippen MR) is 170 cm³/mol. The molecule has 43 heavy (non-hydrogen) atoms. The number of primary amides is 1. The summed E-state index contributed by atoms with van der Waals surface area (Å²) in [7, 11) is 7.29. The molecule has 1 aliphatic rings. The van der Waals surface area contributed by atoms with Crippen LogP contribution >= 0.6 is 0 Å². The van der Waals surface area contributed by atoms with Gasteiger partial charge >= 0.3 is 0 Å². The Morgan fingerprint density at radius 3 is 2.12 bits per heavy atom. The van der Waals surface area contributed by atoms with E-state index in [4.69, 9.17) is 5.73 Å². The predicted octanol–water partition coefficient (Wildman–Crippen LogP) is 3.21. The number of hydrogen-bond donors (Lipinski definition) is 3. The van der Waals surface area contributed by atoms with Crippen LogP contribution in [0.25, 0.3) is 5.70 Å². The molecular weight excluding hydrogens is 540 g/mol. The molecule has 0 spiro atoms. The number of aryl methyl sites for hydroxylation is 2. The summed E-state index contributed by atoms with van der Waals surface area (Å²) < 4.78 is 0. The lowest BCUT2D eigenvalue weighted by Gasteiger charge is -2.34. The van der Waals surface area contributed by atoms with Gasteiger partial charge in [-0.3, -0.25) is 14.4 Å². The smallest absolute Gasteiger partial charge is 0.253 e. The lowest BCUT2D eigenvalue weighted by molar-refractivity contribution is -0.122. The maximum absolute atomic E-state index is 13.6. The number of carbonyl (C=O) groups is 3. The normalized spacial score (nSPS) is 16.9. The standard InChI is InChI=1S/C34H46N6O3/c1-8-22(2)17-28(20-35)38-31(41)21-37-16-15-34(33(36)43)29-13-11-24(23(3)39(4)5)18-25(29)9-10-26-19-27(12-14-30(26)34)32(42)40(6)7/h11-14,18-19,22,28,37H,3,8-10,15-17,21H2,1-2,4-7H3,(H2,36,43)(H,38,41)/t22-,28?,34?/m0/s1. The molecule has 2 unspecified atom stereocenters. The minimum absolute atomic E-state index is 0.00507. The number of nitrogens with one attached hydrogen (secondary N) is 2. The third-order valence-electron chi connectivity index (χ3n) is 8.53. The fraction of sp³-hybridized carbons (Fsp3) is 0.471. The highest BCUT2D eigenvalue weighted by Crippen LogP contribution is 2.43. The van der Waals surface area contributed by atoms with Crippen molar-refractivity contribution in [2.24, 2.45) is 11.7 Å². The molecule has 0 radical (unpaired) electrons. The highest BCUT2D eigenvalue weighted by atomic mass is 16.2. The molecule has 2 aromatic rings. The van der Waals surface area contributed by atoms with Crippen molar-refractivity contribution >= 4 is 23.4 Å². The Kier molecular flexibility index (Phi) is 11.1. The summed E-state index contributed by atoms with van der Waals surface area (Å²) in [5.74, 6) is -0.557. The first-order valence-electron chi connectivity index (χ1n) is 14.9. The molecular formula is C34H46N6O3. The van der Waals surface area contributed by atoms with Crippen molar-refractivity contribution in [3.63, 3.8) is 0 Å². The van der Waals surface area contributed by atoms with E-state index < -0.39 is 17.4 Å². The SMILES string of the molecule is C=C(c1ccc2c(c1)CCc1cc(C(=O)N(C)C)ccc1C2(CCNCC(=O)NC(C#N)C[C@@H](C)CC)C(N)=O)N(C)C. The number of benzene rings is 2. The number of amides is 3. The molecule has 0 heterocycles. The molecule has 2 aromatic carbocycles. The summed E-state index contributed by atoms with van der Waals surface area (Å²) in [6.07, 6.45) is 3.12. The zero-order valence-corrected chi connectivity index (χ0v) is 26.4. The fourth-order valence-corrected chi connectivity index (χ4v) is 5.77. The van der Waals surface area contributed by atoms with Crippen LogP contribution in [0.4, 0.5) is 0 Å². The topological polar surface area (TPSA) is 132 Å². The summed E-state index contributed by atoms with van der Waals surface area (Å²) in [6.45, 7) is 8.64. The average Bonchev–Trinajstić information content (AvgIpc) is 3.12. The van der Waals surface area contributed by atoms with Crippen molar-refractivity contribution < 1.29 is 14.4 Å². The van der Waals surface area contributed by atoms with Crippen molar-refractivity contribution in [2.75, 3.05) is 41.3 Å². The van der Waals surface area contributed by atoms with E-state index >= 15 is 0 Å². The van der Waals surface area contributed by atoms with E-state index in [1.165, 1.54) is 4.90 Å². The minimum Gasteiger partial charge on any atom is -0.378 e. The number of rotatable bonds is 13. The summed E-state index contributed by atoms with van der Waals surface area (Å²) in [5, 5.41) is 15.4. The molecule has 230 valence electrons. The van der Waals surface area contributed by atoms with Gasteiger partial charge in [-0.1, -0.05) is 45.0 Å². The van der Waals surface area contributed by atoms with Gasteiger partial charge in [0.2, 0.25) is 11.8 Å². The van der Waals surface area contributed by atoms with E-state index in [9.17, 15) is 19.6 Å². The number of nitrogens with zero attached hydrogens (tertiary/aromatic N) is 3. The molecule has 0 aliphatic heterocycles. The van der Waals surface area contributed by atoms with E-state index in [0.29, 0.717) is 43.7 Å². The third kappa shape index (κ3) is 7.44. The lowest BCUT2D eigenvalue weighted by atomic mass is 9.69. The number of carbonyl (C=O) groups excluding carboxylic acids is 3. The molecule has 0 bridgehead atoms. The quantitative estimate of drug-likeness (QED) is 0.309. The highest BCUT2D eigenvalue weighted by Gasteiger charge is 2.44. The summed E-state index contributed by atoms with van der Waals surface area (Å²) in [4.78, 5) is 42.6. The van der Waals surface area contributed by atoms with E-state index in [2.05, 4.69) is 43.2 Å². The van der Waals surface area contributed by atoms with Gasteiger partial charge in [-0.2, -0.15) is 5.26 Å². The molecule has 0 aromatic heterocycles. The van der Waals surface area contributed by atoms with Crippen LogP contribution in [0.15, 0.2) is 43.0 Å². The average molecular weight is 587 g/mol. The molecule has 0 saturated heterocycles. The number of fused-ring (bicyclic) bond motifs is 2. The Morgan fingerprint density at radius 1 is 1.02 bits per heavy atom. The maximum atomic E-state index is 13.6. The zero-order chi connectivity index (χ0) is 31.9. The van der Waals surface area contributed by atoms with Crippen LogP contribution in [0.5, 0.6) is 0 Å². The molecule has 3 atom stereocenters. The highest BCUT2D eigenvalue weighted by molar-refractivity contribution is 5.96. The van der Waals surface area contributed by atoms with Gasteiger partial charge in [0.25, 0.3) is 5.91 Å². The maximum Gasteiger partial charge on any atom is 0.253 e. The van der Waals surface area contributed by atoms with Crippen molar-refractivity contribution in [3.05, 3.63) is 76.4 Å². The summed E-state index contributed by atoms with van der Waals surface area (Å²) >= 11 is 0. The van der Waals surface area contributed by atoms with Gasteiger partial charge in [0.15, 0.2) is 0 Å². The number of hydrogen-bond acceptors (Lipinski definition) is 6. The van der Waals surface area contributed by atoms with Crippen LogP contribution in [-0.4, -0.2) is 74.8 Å². The second kappa shape index (κ2) is 14.3. The number of nitrogens with two attached hydrogens (primary N) is 1. The second-order valence-electron chi connectivity index (χ2n) is 12.0. The fourth-order valence-electron chi connectivity index (χ4n) is 5.77. The van der Waals surface area contributed by atoms with Crippen LogP contribution in [0.3, 0.4) is 0 Å². The second-order valence-corrected chi connectivity index (χ2v) is 12.0. The van der Waals surface area contributed by atoms with Crippen LogP contribution in [-0.2, 0) is 27.8 Å². The van der Waals surface area contributed by atoms with E-state index in [-0.39, 0.29) is 18.4 Å². The first-order chi connectivity index (χ1) is 20.3. The monoisotopic (exact) mass is 586 g/mol. The molecule has 4 N–H and O–H groups in total. The van der Waals surface area contributed by atoms with Gasteiger partial charge in [0.1, 0.15) is 11.5 Å². The Balaban J connectivity index is 1.97. The third-order valence-corrected chi connectivity index (χ3v) is 8.53. The van der Waals surface area contributed by atoms with Gasteiger partial charge in [-0.25, -0.2) is 0 Å². The van der Waals surface area contributed by atoms with Crippen molar-refractivity contribution in [2.45, 2.75) is 57.4 Å². The van der Waals surface area contributed by atoms with Gasteiger partial charge in [0, 0.05) is 39.5 Å². The van der Waals surface area contributed by atoms with E-state index in [0.717, 1.165) is 39.9 Å². The molecule has 1 aliphatic carbocycles. The van der Waals surface area contributed by atoms with Gasteiger partial charge in [-0.05, 0) is 84.2 Å². The minimum atomic E-state index is -1.19. The Bertz CT molecular complexity index is 1340. The molecule has 0 fully saturated rings. The summed E-state index contributed by atoms with van der Waals surface area (Å²) in [6, 6.07) is 13.1. The summed E-state index contributed by atoms with van der Waals surface area (Å²) in [5.41, 5.74) is 11.0. The van der Waals surface area contributed by atoms with E-state index in [1.807, 2.05) is 43.3 Å². The van der Waals surface area contributed by atoms with Crippen molar-refractivity contribution in [1.29, 1.82) is 5.26 Å². The largest absolute Gasteiger partial charge is 0.378 e. The molecule has 0 saturated carbocycles. The Morgan fingerprint density at radius 2 is 1.60 bits per heavy atom. The van der Waals surface area contributed by atoms with Crippen LogP contribution in [0, 0.1) is 17.2 Å².